The van der Waals surface area contributed by atoms with Crippen LogP contribution in [0.25, 0.3) is 0 Å². The summed E-state index contributed by atoms with van der Waals surface area (Å²) in [6.07, 6.45) is 0.326. The van der Waals surface area contributed by atoms with Crippen molar-refractivity contribution in [1.29, 1.82) is 0 Å². The van der Waals surface area contributed by atoms with Gasteiger partial charge in [0.2, 0.25) is 0 Å². The van der Waals surface area contributed by atoms with E-state index in [2.05, 4.69) is 4.90 Å². The largest absolute Gasteiger partial charge is 0.455 e. The number of hydrogen-bond acceptors (Lipinski definition) is 4. The normalized spacial score (nSPS) is 24.8. The molecular weight excluding hydrogens is 370 g/mol. The number of anilines is 1. The molecule has 0 spiro atoms. The summed E-state index contributed by atoms with van der Waals surface area (Å²) in [6, 6.07) is 6.27. The van der Waals surface area contributed by atoms with Crippen molar-refractivity contribution < 1.29 is 18.7 Å². The molecule has 136 valence electrons. The van der Waals surface area contributed by atoms with Gasteiger partial charge in [-0.1, -0.05) is 0 Å². The van der Waals surface area contributed by atoms with Gasteiger partial charge in [-0.25, -0.2) is 4.39 Å². The molecule has 1 atom stereocenters. The smallest absolute Gasteiger partial charge is 0.315 e. The summed E-state index contributed by atoms with van der Waals surface area (Å²) in [5.41, 5.74) is -0.0142. The topological polar surface area (TPSA) is 49.9 Å². The number of ether oxygens (including phenoxy) is 1. The predicted octanol–water partition coefficient (Wildman–Crippen LogP) is 2.60. The number of carbonyl (C=O) groups excluding carboxylic acids is 2. The SMILES string of the molecule is CC1(C(=O)OCC(=O)N2CCN(c3ccc(F)cc3)CC2)CC1(Cl)Cl. The summed E-state index contributed by atoms with van der Waals surface area (Å²) in [7, 11) is 0. The Morgan fingerprint density at radius 1 is 1.16 bits per heavy atom. The zero-order chi connectivity index (χ0) is 18.2. The summed E-state index contributed by atoms with van der Waals surface area (Å²) < 4.78 is 17.0. The summed E-state index contributed by atoms with van der Waals surface area (Å²) in [4.78, 5) is 27.9. The Kier molecular flexibility index (Phi) is 4.86. The molecule has 1 aromatic carbocycles. The van der Waals surface area contributed by atoms with Gasteiger partial charge in [-0.2, -0.15) is 0 Å². The van der Waals surface area contributed by atoms with E-state index >= 15 is 0 Å². The molecule has 1 heterocycles. The van der Waals surface area contributed by atoms with Crippen LogP contribution in [0, 0.1) is 11.2 Å². The van der Waals surface area contributed by atoms with Crippen molar-refractivity contribution in [3.05, 3.63) is 30.1 Å². The number of alkyl halides is 2. The summed E-state index contributed by atoms with van der Waals surface area (Å²) >= 11 is 11.9. The molecular formula is C17H19Cl2FN2O3. The molecule has 0 radical (unpaired) electrons. The van der Waals surface area contributed by atoms with E-state index < -0.39 is 15.7 Å². The summed E-state index contributed by atoms with van der Waals surface area (Å²) in [5, 5.41) is 0. The number of benzene rings is 1. The van der Waals surface area contributed by atoms with Crippen LogP contribution in [-0.4, -0.2) is 53.9 Å². The quantitative estimate of drug-likeness (QED) is 0.587. The van der Waals surface area contributed by atoms with E-state index in [9.17, 15) is 14.0 Å². The maximum atomic E-state index is 13.0. The second-order valence-corrected chi connectivity index (χ2v) is 8.12. The zero-order valence-electron chi connectivity index (χ0n) is 13.8. The lowest BCUT2D eigenvalue weighted by atomic mass is 10.1. The highest BCUT2D eigenvalue weighted by atomic mass is 35.5. The molecule has 1 saturated heterocycles. The summed E-state index contributed by atoms with van der Waals surface area (Å²) in [6.45, 7) is 3.61. The fourth-order valence-electron chi connectivity index (χ4n) is 2.87. The van der Waals surface area contributed by atoms with Crippen LogP contribution < -0.4 is 4.90 Å². The van der Waals surface area contributed by atoms with Gasteiger partial charge in [0.05, 0.1) is 0 Å². The van der Waals surface area contributed by atoms with E-state index in [1.54, 1.807) is 24.0 Å². The van der Waals surface area contributed by atoms with Gasteiger partial charge in [0, 0.05) is 38.3 Å². The Bertz CT molecular complexity index is 675. The first-order valence-electron chi connectivity index (χ1n) is 8.06. The van der Waals surface area contributed by atoms with E-state index in [4.69, 9.17) is 27.9 Å². The second kappa shape index (κ2) is 6.65. The highest BCUT2D eigenvalue weighted by Gasteiger charge is 2.69. The number of carbonyl (C=O) groups is 2. The van der Waals surface area contributed by atoms with Crippen LogP contribution in [0.15, 0.2) is 24.3 Å². The van der Waals surface area contributed by atoms with Crippen LogP contribution in [0.1, 0.15) is 13.3 Å². The zero-order valence-corrected chi connectivity index (χ0v) is 15.3. The Hall–Kier alpha value is -1.53. The van der Waals surface area contributed by atoms with Crippen LogP contribution in [-0.2, 0) is 14.3 Å². The molecule has 1 aromatic rings. The number of halogens is 3. The number of nitrogens with zero attached hydrogens (tertiary/aromatic N) is 2. The van der Waals surface area contributed by atoms with Gasteiger partial charge in [0.1, 0.15) is 15.6 Å². The van der Waals surface area contributed by atoms with E-state index in [-0.39, 0.29) is 18.3 Å². The Balaban J connectivity index is 1.46. The van der Waals surface area contributed by atoms with Crippen molar-refractivity contribution in [2.75, 3.05) is 37.7 Å². The molecule has 2 aliphatic rings. The van der Waals surface area contributed by atoms with Gasteiger partial charge < -0.3 is 14.5 Å². The lowest BCUT2D eigenvalue weighted by Crippen LogP contribution is -2.50. The van der Waals surface area contributed by atoms with Crippen molar-refractivity contribution >= 4 is 40.8 Å². The molecule has 5 nitrogen and oxygen atoms in total. The van der Waals surface area contributed by atoms with Crippen LogP contribution in [0.3, 0.4) is 0 Å². The van der Waals surface area contributed by atoms with Crippen molar-refractivity contribution in [2.45, 2.75) is 17.7 Å². The van der Waals surface area contributed by atoms with Crippen molar-refractivity contribution in [1.82, 2.24) is 4.90 Å². The lowest BCUT2D eigenvalue weighted by Gasteiger charge is -2.36. The number of rotatable bonds is 4. The van der Waals surface area contributed by atoms with Gasteiger partial charge >= 0.3 is 5.97 Å². The van der Waals surface area contributed by atoms with Crippen LogP contribution in [0.2, 0.25) is 0 Å². The highest BCUT2D eigenvalue weighted by molar-refractivity contribution is 6.53. The standard InChI is InChI=1S/C17H19Cl2FN2O3/c1-16(11-17(16,18)19)15(24)25-10-14(23)22-8-6-21(7-9-22)13-4-2-12(20)3-5-13/h2-5H,6-11H2,1H3. The molecule has 8 heteroatoms. The van der Waals surface area contributed by atoms with E-state index in [1.165, 1.54) is 12.1 Å². The van der Waals surface area contributed by atoms with Crippen LogP contribution in [0.5, 0.6) is 0 Å². The first-order chi connectivity index (χ1) is 11.7. The van der Waals surface area contributed by atoms with Crippen LogP contribution in [0.4, 0.5) is 10.1 Å². The van der Waals surface area contributed by atoms with Crippen LogP contribution >= 0.6 is 23.2 Å². The monoisotopic (exact) mass is 388 g/mol. The average Bonchev–Trinajstić information content (AvgIpc) is 3.12. The minimum atomic E-state index is -1.10. The molecule has 1 aliphatic carbocycles. The molecule has 25 heavy (non-hydrogen) atoms. The Labute approximate surface area is 155 Å². The highest BCUT2D eigenvalue weighted by Crippen LogP contribution is 2.64. The molecule has 1 amide bonds. The Morgan fingerprint density at radius 2 is 1.72 bits per heavy atom. The molecule has 0 N–H and O–H groups in total. The van der Waals surface area contributed by atoms with Gasteiger partial charge in [0.25, 0.3) is 5.91 Å². The number of hydrogen-bond donors (Lipinski definition) is 0. The molecule has 1 aliphatic heterocycles. The molecule has 1 unspecified atom stereocenters. The molecule has 1 saturated carbocycles. The third-order valence-corrected chi connectivity index (χ3v) is 5.96. The third kappa shape index (κ3) is 3.70. The van der Waals surface area contributed by atoms with E-state index in [0.29, 0.717) is 32.6 Å². The maximum absolute atomic E-state index is 13.0. The molecule has 3 rings (SSSR count). The Morgan fingerprint density at radius 3 is 2.24 bits per heavy atom. The lowest BCUT2D eigenvalue weighted by molar-refractivity contribution is -0.156. The predicted molar refractivity (Wildman–Crippen MR) is 93.3 cm³/mol. The number of piperazine rings is 1. The molecule has 2 fully saturated rings. The summed E-state index contributed by atoms with van der Waals surface area (Å²) in [5.74, 6) is -1.07. The van der Waals surface area contributed by atoms with E-state index in [1.807, 2.05) is 0 Å². The molecule has 0 bridgehead atoms. The minimum Gasteiger partial charge on any atom is -0.455 e. The van der Waals surface area contributed by atoms with Gasteiger partial charge in [-0.3, -0.25) is 9.59 Å². The van der Waals surface area contributed by atoms with Crippen molar-refractivity contribution in [3.63, 3.8) is 0 Å². The fraction of sp³-hybridized carbons (Fsp3) is 0.529. The number of amides is 1. The third-order valence-electron chi connectivity index (χ3n) is 4.86. The minimum absolute atomic E-state index is 0.244. The second-order valence-electron chi connectivity index (χ2n) is 6.63. The first kappa shape index (κ1) is 18.3. The van der Waals surface area contributed by atoms with Gasteiger partial charge in [-0.15, -0.1) is 23.2 Å². The van der Waals surface area contributed by atoms with E-state index in [0.717, 1.165) is 5.69 Å². The van der Waals surface area contributed by atoms with Crippen molar-refractivity contribution in [2.24, 2.45) is 5.41 Å². The van der Waals surface area contributed by atoms with Gasteiger partial charge in [-0.05, 0) is 31.2 Å². The fourth-order valence-corrected chi connectivity index (χ4v) is 3.55. The molecule has 0 aromatic heterocycles. The maximum Gasteiger partial charge on any atom is 0.315 e. The average molecular weight is 389 g/mol. The number of esters is 1. The first-order valence-corrected chi connectivity index (χ1v) is 8.82. The van der Waals surface area contributed by atoms with Crippen molar-refractivity contribution in [3.8, 4) is 0 Å². The van der Waals surface area contributed by atoms with Gasteiger partial charge in [0.15, 0.2) is 6.61 Å².